The Morgan fingerprint density at radius 2 is 2.29 bits per heavy atom. The average Bonchev–Trinajstić information content (AvgIpc) is 2.96. The van der Waals surface area contributed by atoms with Gasteiger partial charge in [0.25, 0.3) is 5.56 Å². The zero-order chi connectivity index (χ0) is 15.0. The number of H-pyrrole nitrogens is 2. The number of nitrogens with zero attached hydrogens (tertiary/aromatic N) is 2. The van der Waals surface area contributed by atoms with Crippen molar-refractivity contribution in [2.45, 2.75) is 12.5 Å². The molecular formula is C10H12N6O3S2. The molecular weight excluding hydrogens is 316 g/mol. The van der Waals surface area contributed by atoms with Crippen LogP contribution in [0, 0.1) is 0 Å². The van der Waals surface area contributed by atoms with Gasteiger partial charge in [0.2, 0.25) is 5.95 Å². The van der Waals surface area contributed by atoms with E-state index in [1.165, 1.54) is 6.33 Å². The second-order valence-electron chi connectivity index (χ2n) is 4.71. The fraction of sp³-hybridized carbons (Fsp3) is 0.400. The number of aromatic amines is 2. The number of hydrogen-bond acceptors (Lipinski definition) is 6. The summed E-state index contributed by atoms with van der Waals surface area (Å²) in [5.74, 6) is 0.358. The number of thiocarbonyl (C=S) groups is 1. The van der Waals surface area contributed by atoms with Gasteiger partial charge in [-0.1, -0.05) is 0 Å². The third kappa shape index (κ3) is 3.03. The summed E-state index contributed by atoms with van der Waals surface area (Å²) in [6.45, 7) is 0. The highest BCUT2D eigenvalue weighted by Gasteiger charge is 2.28. The lowest BCUT2D eigenvalue weighted by atomic mass is 10.3. The fourth-order valence-corrected chi connectivity index (χ4v) is 4.08. The van der Waals surface area contributed by atoms with Crippen molar-refractivity contribution in [3.63, 3.8) is 0 Å². The molecule has 1 aliphatic rings. The van der Waals surface area contributed by atoms with E-state index in [0.29, 0.717) is 6.42 Å². The molecule has 21 heavy (non-hydrogen) atoms. The molecule has 1 saturated heterocycles. The van der Waals surface area contributed by atoms with Gasteiger partial charge in [0.05, 0.1) is 17.8 Å². The van der Waals surface area contributed by atoms with E-state index in [1.807, 2.05) is 0 Å². The number of sulfone groups is 1. The van der Waals surface area contributed by atoms with Crippen LogP contribution in [0.25, 0.3) is 11.2 Å². The van der Waals surface area contributed by atoms with Crippen LogP contribution in [0.2, 0.25) is 0 Å². The second kappa shape index (κ2) is 5.07. The Bertz CT molecular complexity index is 855. The molecule has 3 rings (SSSR count). The van der Waals surface area contributed by atoms with Crippen LogP contribution in [0.4, 0.5) is 5.95 Å². The first-order valence-electron chi connectivity index (χ1n) is 6.14. The smallest absolute Gasteiger partial charge is 0.278 e. The molecule has 0 radical (unpaired) electrons. The molecule has 0 aliphatic carbocycles. The molecule has 0 bridgehead atoms. The summed E-state index contributed by atoms with van der Waals surface area (Å²) in [6, 6.07) is -0.226. The topological polar surface area (TPSA) is 133 Å². The van der Waals surface area contributed by atoms with Crippen LogP contribution >= 0.6 is 12.2 Å². The van der Waals surface area contributed by atoms with E-state index in [2.05, 4.69) is 30.6 Å². The lowest BCUT2D eigenvalue weighted by molar-refractivity contribution is 0.600. The summed E-state index contributed by atoms with van der Waals surface area (Å²) in [6.07, 6.45) is 1.88. The van der Waals surface area contributed by atoms with Gasteiger partial charge in [0, 0.05) is 6.04 Å². The average molecular weight is 328 g/mol. The van der Waals surface area contributed by atoms with E-state index in [0.717, 1.165) is 0 Å². The Kier molecular flexibility index (Phi) is 3.37. The monoisotopic (exact) mass is 328 g/mol. The van der Waals surface area contributed by atoms with Gasteiger partial charge < -0.3 is 15.6 Å². The van der Waals surface area contributed by atoms with Crippen LogP contribution in [0.3, 0.4) is 0 Å². The molecule has 0 spiro atoms. The summed E-state index contributed by atoms with van der Waals surface area (Å²) in [7, 11) is -2.98. The van der Waals surface area contributed by atoms with E-state index in [9.17, 15) is 13.2 Å². The van der Waals surface area contributed by atoms with Crippen LogP contribution in [-0.4, -0.2) is 51.0 Å². The van der Waals surface area contributed by atoms with Crippen LogP contribution in [-0.2, 0) is 9.84 Å². The minimum Gasteiger partial charge on any atom is -0.359 e. The molecule has 1 aliphatic heterocycles. The van der Waals surface area contributed by atoms with Crippen molar-refractivity contribution in [1.82, 2.24) is 25.3 Å². The van der Waals surface area contributed by atoms with Crippen molar-refractivity contribution in [3.8, 4) is 0 Å². The zero-order valence-electron chi connectivity index (χ0n) is 10.7. The third-order valence-corrected chi connectivity index (χ3v) is 5.08. The van der Waals surface area contributed by atoms with Crippen molar-refractivity contribution in [2.24, 2.45) is 0 Å². The van der Waals surface area contributed by atoms with Gasteiger partial charge in [0.15, 0.2) is 26.1 Å². The lowest BCUT2D eigenvalue weighted by Crippen LogP contribution is -2.39. The Morgan fingerprint density at radius 1 is 1.48 bits per heavy atom. The molecule has 0 amide bonds. The maximum Gasteiger partial charge on any atom is 0.278 e. The quantitative estimate of drug-likeness (QED) is 0.522. The number of fused-ring (bicyclic) bond motifs is 1. The van der Waals surface area contributed by atoms with Crippen molar-refractivity contribution in [3.05, 3.63) is 16.7 Å². The van der Waals surface area contributed by atoms with E-state index in [4.69, 9.17) is 12.2 Å². The van der Waals surface area contributed by atoms with E-state index < -0.39 is 9.84 Å². The number of imidazole rings is 1. The fourth-order valence-electron chi connectivity index (χ4n) is 2.14. The van der Waals surface area contributed by atoms with E-state index >= 15 is 0 Å². The van der Waals surface area contributed by atoms with Crippen LogP contribution < -0.4 is 16.2 Å². The second-order valence-corrected chi connectivity index (χ2v) is 7.35. The van der Waals surface area contributed by atoms with E-state index in [1.54, 1.807) is 0 Å². The number of aromatic nitrogens is 4. The molecule has 1 fully saturated rings. The molecule has 11 heteroatoms. The molecule has 0 saturated carbocycles. The Labute approximate surface area is 124 Å². The summed E-state index contributed by atoms with van der Waals surface area (Å²) in [4.78, 5) is 24.9. The third-order valence-electron chi connectivity index (χ3n) is 3.10. The molecule has 0 aromatic carbocycles. The number of anilines is 1. The highest BCUT2D eigenvalue weighted by molar-refractivity contribution is 7.91. The minimum absolute atomic E-state index is 0.0527. The Balaban J connectivity index is 1.70. The van der Waals surface area contributed by atoms with Gasteiger partial charge in [-0.3, -0.25) is 9.78 Å². The molecule has 0 unspecified atom stereocenters. The lowest BCUT2D eigenvalue weighted by Gasteiger charge is -2.13. The molecule has 1 atom stereocenters. The van der Waals surface area contributed by atoms with E-state index in [-0.39, 0.29) is 45.3 Å². The Hall–Kier alpha value is -2.01. The summed E-state index contributed by atoms with van der Waals surface area (Å²) in [5, 5.41) is 5.82. The predicted octanol–water partition coefficient (Wildman–Crippen LogP) is -0.880. The number of rotatable bonds is 2. The maximum absolute atomic E-state index is 11.7. The van der Waals surface area contributed by atoms with Gasteiger partial charge in [-0.15, -0.1) is 0 Å². The first-order chi connectivity index (χ1) is 9.93. The highest BCUT2D eigenvalue weighted by Crippen LogP contribution is 2.11. The summed E-state index contributed by atoms with van der Waals surface area (Å²) in [5.41, 5.74) is 0.181. The molecule has 112 valence electrons. The van der Waals surface area contributed by atoms with Gasteiger partial charge in [0.1, 0.15) is 0 Å². The van der Waals surface area contributed by atoms with Crippen molar-refractivity contribution in [1.29, 1.82) is 0 Å². The van der Waals surface area contributed by atoms with Crippen LogP contribution in [0.1, 0.15) is 6.42 Å². The number of nitrogens with one attached hydrogen (secondary N) is 4. The number of hydrogen-bond donors (Lipinski definition) is 4. The molecule has 2 aromatic heterocycles. The molecule has 4 N–H and O–H groups in total. The highest BCUT2D eigenvalue weighted by atomic mass is 32.2. The van der Waals surface area contributed by atoms with Crippen molar-refractivity contribution in [2.75, 3.05) is 16.8 Å². The summed E-state index contributed by atoms with van der Waals surface area (Å²) >= 11 is 5.09. The first-order valence-corrected chi connectivity index (χ1v) is 8.37. The van der Waals surface area contributed by atoms with Gasteiger partial charge in [-0.05, 0) is 18.6 Å². The first kappa shape index (κ1) is 13.9. The summed E-state index contributed by atoms with van der Waals surface area (Å²) < 4.78 is 22.7. The van der Waals surface area contributed by atoms with Gasteiger partial charge in [-0.25, -0.2) is 13.4 Å². The van der Waals surface area contributed by atoms with Crippen molar-refractivity contribution >= 4 is 44.3 Å². The Morgan fingerprint density at radius 3 is 3.00 bits per heavy atom. The minimum atomic E-state index is -2.98. The van der Waals surface area contributed by atoms with Gasteiger partial charge in [-0.2, -0.15) is 4.98 Å². The molecule has 2 aromatic rings. The zero-order valence-corrected chi connectivity index (χ0v) is 12.3. The molecule has 3 heterocycles. The SMILES string of the molecule is O=c1[nH]c(NC(=S)N[C@@H]2CCS(=O)(=O)C2)nc2nc[nH]c12. The maximum atomic E-state index is 11.7. The van der Waals surface area contributed by atoms with Crippen LogP contribution in [0.5, 0.6) is 0 Å². The largest absolute Gasteiger partial charge is 0.359 e. The van der Waals surface area contributed by atoms with Gasteiger partial charge >= 0.3 is 0 Å². The van der Waals surface area contributed by atoms with Crippen LogP contribution in [0.15, 0.2) is 11.1 Å². The molecule has 9 nitrogen and oxygen atoms in total. The van der Waals surface area contributed by atoms with Crippen molar-refractivity contribution < 1.29 is 8.42 Å². The normalized spacial score (nSPS) is 20.5. The predicted molar refractivity (Wildman–Crippen MR) is 80.9 cm³/mol. The standard InChI is InChI=1S/C10H12N6O3S2/c17-8-6-7(12-4-11-6)14-9(15-8)16-10(20)13-5-1-2-21(18,19)3-5/h4-5H,1-3H2,(H4,11,12,13,14,15,16,17,20)/t5-/m1/s1.